The number of nitrogens with zero attached hydrogens (tertiary/aromatic N) is 3. The molecule has 0 aliphatic heterocycles. The van der Waals surface area contributed by atoms with Crippen molar-refractivity contribution in [2.75, 3.05) is 12.8 Å². The van der Waals surface area contributed by atoms with Gasteiger partial charge in [-0.05, 0) is 37.8 Å². The van der Waals surface area contributed by atoms with Crippen LogP contribution < -0.4 is 5.73 Å². The van der Waals surface area contributed by atoms with E-state index in [2.05, 4.69) is 10.1 Å². The zero-order chi connectivity index (χ0) is 13.9. The second-order valence-corrected chi connectivity index (χ2v) is 5.35. The maximum absolute atomic E-state index is 5.80. The Bertz CT molecular complexity index is 581. The minimum absolute atomic E-state index is 0.341. The molecule has 20 heavy (non-hydrogen) atoms. The molecule has 0 saturated heterocycles. The van der Waals surface area contributed by atoms with Gasteiger partial charge in [-0.2, -0.15) is 5.10 Å². The highest BCUT2D eigenvalue weighted by molar-refractivity contribution is 5.60. The number of hydrogen-bond acceptors (Lipinski definition) is 4. The Balaban J connectivity index is 1.80. The van der Waals surface area contributed by atoms with Gasteiger partial charge >= 0.3 is 0 Å². The van der Waals surface area contributed by atoms with Crippen LogP contribution in [-0.2, 0) is 4.74 Å². The van der Waals surface area contributed by atoms with Crippen LogP contribution in [0.25, 0.3) is 11.4 Å². The molecule has 1 aromatic carbocycles. The number of aromatic nitrogens is 3. The van der Waals surface area contributed by atoms with Gasteiger partial charge in [-0.25, -0.2) is 9.67 Å². The van der Waals surface area contributed by atoms with Crippen LogP contribution in [0.15, 0.2) is 30.6 Å². The number of anilines is 1. The molecule has 1 aliphatic carbocycles. The largest absolute Gasteiger partial charge is 0.399 e. The van der Waals surface area contributed by atoms with Gasteiger partial charge in [0.2, 0.25) is 0 Å². The fourth-order valence-electron chi connectivity index (χ4n) is 2.84. The summed E-state index contributed by atoms with van der Waals surface area (Å²) >= 11 is 0. The SMILES string of the molecule is COC1CCCC(n2cnc(-c3cccc(N)c3)n2)C1. The molecule has 2 unspecified atom stereocenters. The summed E-state index contributed by atoms with van der Waals surface area (Å²) in [4.78, 5) is 4.41. The van der Waals surface area contributed by atoms with E-state index in [0.29, 0.717) is 12.1 Å². The molecule has 1 aromatic heterocycles. The molecule has 1 saturated carbocycles. The fraction of sp³-hybridized carbons (Fsp3) is 0.467. The summed E-state index contributed by atoms with van der Waals surface area (Å²) < 4.78 is 7.45. The van der Waals surface area contributed by atoms with Crippen molar-refractivity contribution in [2.24, 2.45) is 0 Å². The lowest BCUT2D eigenvalue weighted by atomic mass is 9.93. The second-order valence-electron chi connectivity index (χ2n) is 5.35. The van der Waals surface area contributed by atoms with Crippen LogP contribution in [0.5, 0.6) is 0 Å². The van der Waals surface area contributed by atoms with Gasteiger partial charge in [0.05, 0.1) is 12.1 Å². The molecule has 0 spiro atoms. The van der Waals surface area contributed by atoms with Crippen LogP contribution in [0.1, 0.15) is 31.7 Å². The van der Waals surface area contributed by atoms with E-state index < -0.39 is 0 Å². The minimum Gasteiger partial charge on any atom is -0.399 e. The lowest BCUT2D eigenvalue weighted by Crippen LogP contribution is -2.24. The van der Waals surface area contributed by atoms with E-state index in [-0.39, 0.29) is 0 Å². The van der Waals surface area contributed by atoms with E-state index in [1.54, 1.807) is 7.11 Å². The van der Waals surface area contributed by atoms with Crippen LogP contribution in [0.3, 0.4) is 0 Å². The summed E-state index contributed by atoms with van der Waals surface area (Å²) in [5.41, 5.74) is 7.50. The predicted molar refractivity (Wildman–Crippen MR) is 78.2 cm³/mol. The summed E-state index contributed by atoms with van der Waals surface area (Å²) in [5.74, 6) is 0.733. The van der Waals surface area contributed by atoms with Gasteiger partial charge in [0.25, 0.3) is 0 Å². The Morgan fingerprint density at radius 3 is 3.05 bits per heavy atom. The van der Waals surface area contributed by atoms with Gasteiger partial charge in [0.15, 0.2) is 5.82 Å². The second kappa shape index (κ2) is 5.63. The number of benzene rings is 1. The van der Waals surface area contributed by atoms with E-state index in [1.807, 2.05) is 35.3 Å². The molecule has 1 fully saturated rings. The molecule has 2 N–H and O–H groups in total. The number of ether oxygens (including phenoxy) is 1. The lowest BCUT2D eigenvalue weighted by Gasteiger charge is -2.27. The molecule has 106 valence electrons. The van der Waals surface area contributed by atoms with Crippen molar-refractivity contribution in [1.82, 2.24) is 14.8 Å². The van der Waals surface area contributed by atoms with Gasteiger partial charge in [-0.15, -0.1) is 0 Å². The molecule has 0 radical (unpaired) electrons. The molecular weight excluding hydrogens is 252 g/mol. The van der Waals surface area contributed by atoms with Crippen LogP contribution in [-0.4, -0.2) is 28.0 Å². The Kier molecular flexibility index (Phi) is 3.69. The fourth-order valence-corrected chi connectivity index (χ4v) is 2.84. The Labute approximate surface area is 118 Å². The van der Waals surface area contributed by atoms with E-state index in [0.717, 1.165) is 36.3 Å². The summed E-state index contributed by atoms with van der Waals surface area (Å²) in [6.07, 6.45) is 6.63. The van der Waals surface area contributed by atoms with E-state index in [4.69, 9.17) is 10.5 Å². The number of nitrogens with two attached hydrogens (primary N) is 1. The summed E-state index contributed by atoms with van der Waals surface area (Å²) in [7, 11) is 1.78. The smallest absolute Gasteiger partial charge is 0.181 e. The molecule has 1 heterocycles. The Morgan fingerprint density at radius 2 is 2.25 bits per heavy atom. The van der Waals surface area contributed by atoms with Crippen molar-refractivity contribution in [2.45, 2.75) is 37.8 Å². The van der Waals surface area contributed by atoms with Crippen molar-refractivity contribution >= 4 is 5.69 Å². The maximum atomic E-state index is 5.80. The predicted octanol–water partition coefficient (Wildman–Crippen LogP) is 2.66. The molecule has 1 aliphatic rings. The standard InChI is InChI=1S/C15H20N4O/c1-20-14-7-3-6-13(9-14)19-10-17-15(18-19)11-4-2-5-12(16)8-11/h2,4-5,8,10,13-14H,3,6-7,9,16H2,1H3. The summed E-state index contributed by atoms with van der Waals surface area (Å²) in [5, 5.41) is 4.61. The quantitative estimate of drug-likeness (QED) is 0.872. The number of rotatable bonds is 3. The third kappa shape index (κ3) is 2.67. The van der Waals surface area contributed by atoms with Crippen molar-refractivity contribution in [3.05, 3.63) is 30.6 Å². The average Bonchev–Trinajstić information content (AvgIpc) is 2.97. The highest BCUT2D eigenvalue weighted by Gasteiger charge is 2.24. The molecule has 0 bridgehead atoms. The average molecular weight is 272 g/mol. The van der Waals surface area contributed by atoms with Crippen molar-refractivity contribution in [3.8, 4) is 11.4 Å². The first kappa shape index (κ1) is 13.1. The van der Waals surface area contributed by atoms with E-state index in [9.17, 15) is 0 Å². The molecule has 5 nitrogen and oxygen atoms in total. The zero-order valence-electron chi connectivity index (χ0n) is 11.7. The third-order valence-electron chi connectivity index (χ3n) is 3.96. The zero-order valence-corrected chi connectivity index (χ0v) is 11.7. The maximum Gasteiger partial charge on any atom is 0.181 e. The van der Waals surface area contributed by atoms with Gasteiger partial charge in [-0.3, -0.25) is 0 Å². The van der Waals surface area contributed by atoms with Crippen LogP contribution in [0, 0.1) is 0 Å². The number of nitrogen functional groups attached to an aromatic ring is 1. The summed E-state index contributed by atoms with van der Waals surface area (Å²) in [6, 6.07) is 8.06. The van der Waals surface area contributed by atoms with E-state index in [1.165, 1.54) is 6.42 Å². The monoisotopic (exact) mass is 272 g/mol. The van der Waals surface area contributed by atoms with Gasteiger partial charge in [0, 0.05) is 18.4 Å². The van der Waals surface area contributed by atoms with Gasteiger partial charge in [-0.1, -0.05) is 12.1 Å². The molecular formula is C15H20N4O. The van der Waals surface area contributed by atoms with Crippen LogP contribution in [0.2, 0.25) is 0 Å². The first-order chi connectivity index (χ1) is 9.76. The van der Waals surface area contributed by atoms with Crippen molar-refractivity contribution in [1.29, 1.82) is 0 Å². The third-order valence-corrected chi connectivity index (χ3v) is 3.96. The van der Waals surface area contributed by atoms with Gasteiger partial charge < -0.3 is 10.5 Å². The Hall–Kier alpha value is -1.88. The highest BCUT2D eigenvalue weighted by Crippen LogP contribution is 2.30. The van der Waals surface area contributed by atoms with Crippen molar-refractivity contribution in [3.63, 3.8) is 0 Å². The van der Waals surface area contributed by atoms with Crippen LogP contribution >= 0.6 is 0 Å². The molecule has 5 heteroatoms. The lowest BCUT2D eigenvalue weighted by molar-refractivity contribution is 0.0508. The number of hydrogen-bond donors (Lipinski definition) is 1. The molecule has 2 atom stereocenters. The molecule has 3 rings (SSSR count). The number of methoxy groups -OCH3 is 1. The molecule has 0 amide bonds. The topological polar surface area (TPSA) is 66.0 Å². The first-order valence-corrected chi connectivity index (χ1v) is 7.06. The van der Waals surface area contributed by atoms with Gasteiger partial charge in [0.1, 0.15) is 6.33 Å². The first-order valence-electron chi connectivity index (χ1n) is 7.06. The molecule has 2 aromatic rings. The summed E-state index contributed by atoms with van der Waals surface area (Å²) in [6.45, 7) is 0. The van der Waals surface area contributed by atoms with Crippen molar-refractivity contribution < 1.29 is 4.74 Å². The highest BCUT2D eigenvalue weighted by atomic mass is 16.5. The minimum atomic E-state index is 0.341. The van der Waals surface area contributed by atoms with E-state index >= 15 is 0 Å². The normalized spacial score (nSPS) is 22.9. The Morgan fingerprint density at radius 1 is 1.35 bits per heavy atom. The van der Waals surface area contributed by atoms with Crippen LogP contribution in [0.4, 0.5) is 5.69 Å².